The molecule has 0 heterocycles. The van der Waals surface area contributed by atoms with Gasteiger partial charge in [0.25, 0.3) is 0 Å². The largest absolute Gasteiger partial charge is 0.313 e. The van der Waals surface area contributed by atoms with Crippen molar-refractivity contribution in [1.82, 2.24) is 5.32 Å². The van der Waals surface area contributed by atoms with Crippen LogP contribution in [0.4, 0.5) is 0 Å². The summed E-state index contributed by atoms with van der Waals surface area (Å²) in [5, 5.41) is 3.82. The van der Waals surface area contributed by atoms with Gasteiger partial charge in [-0.3, -0.25) is 0 Å². The first kappa shape index (κ1) is 11.4. The lowest BCUT2D eigenvalue weighted by molar-refractivity contribution is 0.345. The van der Waals surface area contributed by atoms with Crippen LogP contribution < -0.4 is 5.32 Å². The van der Waals surface area contributed by atoms with Gasteiger partial charge >= 0.3 is 0 Å². The highest BCUT2D eigenvalue weighted by Crippen LogP contribution is 2.49. The molecule has 0 saturated heterocycles. The Balaban J connectivity index is 1.71. The smallest absolute Gasteiger partial charge is 0.00725 e. The first-order valence-corrected chi connectivity index (χ1v) is 6.79. The molecule has 2 rings (SSSR count). The van der Waals surface area contributed by atoms with Crippen LogP contribution in [0.1, 0.15) is 65.7 Å². The normalized spacial score (nSPS) is 31.8. The Hall–Kier alpha value is -0.0400. The van der Waals surface area contributed by atoms with E-state index in [4.69, 9.17) is 0 Å². The van der Waals surface area contributed by atoms with Gasteiger partial charge in [0.15, 0.2) is 0 Å². The van der Waals surface area contributed by atoms with Crippen LogP contribution in [0.3, 0.4) is 0 Å². The van der Waals surface area contributed by atoms with Crippen LogP contribution >= 0.6 is 0 Å². The molecule has 0 radical (unpaired) electrons. The van der Waals surface area contributed by atoms with Crippen molar-refractivity contribution in [3.05, 3.63) is 0 Å². The number of hydrogen-bond donors (Lipinski definition) is 1. The van der Waals surface area contributed by atoms with Gasteiger partial charge in [0.2, 0.25) is 0 Å². The van der Waals surface area contributed by atoms with Gasteiger partial charge in [-0.1, -0.05) is 27.2 Å². The zero-order valence-corrected chi connectivity index (χ0v) is 10.7. The summed E-state index contributed by atoms with van der Waals surface area (Å²) in [7, 11) is 0. The Morgan fingerprint density at radius 1 is 1.20 bits per heavy atom. The molecule has 15 heavy (non-hydrogen) atoms. The molecule has 0 spiro atoms. The molecule has 0 aromatic heterocycles. The molecule has 2 aliphatic carbocycles. The molecule has 1 atom stereocenters. The van der Waals surface area contributed by atoms with Gasteiger partial charge in [0.05, 0.1) is 0 Å². The highest BCUT2D eigenvalue weighted by atomic mass is 14.9. The van der Waals surface area contributed by atoms with E-state index in [0.717, 1.165) is 11.5 Å². The quantitative estimate of drug-likeness (QED) is 0.727. The van der Waals surface area contributed by atoms with E-state index in [1.807, 2.05) is 0 Å². The Morgan fingerprint density at radius 3 is 2.40 bits per heavy atom. The molecule has 88 valence electrons. The minimum absolute atomic E-state index is 0.596. The minimum Gasteiger partial charge on any atom is -0.313 e. The van der Waals surface area contributed by atoms with Gasteiger partial charge in [0.1, 0.15) is 0 Å². The van der Waals surface area contributed by atoms with Gasteiger partial charge in [-0.25, -0.2) is 0 Å². The van der Waals surface area contributed by atoms with Gasteiger partial charge < -0.3 is 5.32 Å². The molecule has 1 nitrogen and oxygen atoms in total. The Kier molecular flexibility index (Phi) is 3.12. The van der Waals surface area contributed by atoms with Gasteiger partial charge in [0, 0.05) is 12.6 Å². The Labute approximate surface area is 95.0 Å². The molecule has 0 amide bonds. The second-order valence-electron chi connectivity index (χ2n) is 6.73. The van der Waals surface area contributed by atoms with Crippen molar-refractivity contribution in [3.63, 3.8) is 0 Å². The summed E-state index contributed by atoms with van der Waals surface area (Å²) < 4.78 is 0. The summed E-state index contributed by atoms with van der Waals surface area (Å²) in [6.45, 7) is 8.43. The zero-order chi connectivity index (χ0) is 10.9. The van der Waals surface area contributed by atoms with Crippen LogP contribution in [0.2, 0.25) is 0 Å². The second-order valence-corrected chi connectivity index (χ2v) is 6.73. The van der Waals surface area contributed by atoms with E-state index in [0.29, 0.717) is 5.41 Å². The molecule has 0 aromatic carbocycles. The van der Waals surface area contributed by atoms with E-state index < -0.39 is 0 Å². The fourth-order valence-corrected chi connectivity index (χ4v) is 3.19. The van der Waals surface area contributed by atoms with Crippen molar-refractivity contribution in [2.24, 2.45) is 10.8 Å². The van der Waals surface area contributed by atoms with Gasteiger partial charge in [-0.15, -0.1) is 0 Å². The van der Waals surface area contributed by atoms with Crippen LogP contribution in [0.25, 0.3) is 0 Å². The average molecular weight is 209 g/mol. The number of hydrogen-bond acceptors (Lipinski definition) is 1. The molecular weight excluding hydrogens is 182 g/mol. The standard InChI is InChI=1S/C14H27N/c1-4-6-14(8-9-14)11-15-12-5-7-13(2,3)10-12/h12,15H,4-11H2,1-3H3. The van der Waals surface area contributed by atoms with Crippen LogP contribution in [-0.2, 0) is 0 Å². The first-order valence-electron chi connectivity index (χ1n) is 6.79. The van der Waals surface area contributed by atoms with Crippen molar-refractivity contribution in [3.8, 4) is 0 Å². The van der Waals surface area contributed by atoms with E-state index >= 15 is 0 Å². The van der Waals surface area contributed by atoms with Crippen LogP contribution in [0.15, 0.2) is 0 Å². The van der Waals surface area contributed by atoms with Crippen molar-refractivity contribution >= 4 is 0 Å². The van der Waals surface area contributed by atoms with Crippen LogP contribution in [0, 0.1) is 10.8 Å². The second kappa shape index (κ2) is 4.08. The van der Waals surface area contributed by atoms with E-state index in [1.54, 1.807) is 0 Å². The predicted molar refractivity (Wildman–Crippen MR) is 66.0 cm³/mol. The lowest BCUT2D eigenvalue weighted by Gasteiger charge is -2.21. The summed E-state index contributed by atoms with van der Waals surface area (Å²) >= 11 is 0. The monoisotopic (exact) mass is 209 g/mol. The fourth-order valence-electron chi connectivity index (χ4n) is 3.19. The van der Waals surface area contributed by atoms with Crippen LogP contribution in [0.5, 0.6) is 0 Å². The summed E-state index contributed by atoms with van der Waals surface area (Å²) in [5.74, 6) is 0. The highest BCUT2D eigenvalue weighted by molar-refractivity contribution is 4.96. The molecule has 2 aliphatic rings. The predicted octanol–water partition coefficient (Wildman–Crippen LogP) is 3.74. The van der Waals surface area contributed by atoms with E-state index in [-0.39, 0.29) is 0 Å². The average Bonchev–Trinajstić information content (AvgIpc) is 2.83. The van der Waals surface area contributed by atoms with Crippen LogP contribution in [-0.4, -0.2) is 12.6 Å². The third-order valence-electron chi connectivity index (χ3n) is 4.47. The van der Waals surface area contributed by atoms with Gasteiger partial charge in [-0.05, 0) is 49.4 Å². The van der Waals surface area contributed by atoms with E-state index in [1.165, 1.54) is 51.5 Å². The van der Waals surface area contributed by atoms with Gasteiger partial charge in [-0.2, -0.15) is 0 Å². The molecule has 0 aliphatic heterocycles. The minimum atomic E-state index is 0.596. The van der Waals surface area contributed by atoms with Crippen molar-refractivity contribution < 1.29 is 0 Å². The number of nitrogens with one attached hydrogen (secondary N) is 1. The summed E-state index contributed by atoms with van der Waals surface area (Å²) in [4.78, 5) is 0. The maximum atomic E-state index is 3.82. The molecule has 0 bridgehead atoms. The molecule has 2 saturated carbocycles. The summed E-state index contributed by atoms with van der Waals surface area (Å²) in [6.07, 6.45) is 9.94. The van der Waals surface area contributed by atoms with Crippen molar-refractivity contribution in [1.29, 1.82) is 0 Å². The third-order valence-corrected chi connectivity index (χ3v) is 4.47. The first-order chi connectivity index (χ1) is 7.05. The Morgan fingerprint density at radius 2 is 1.93 bits per heavy atom. The zero-order valence-electron chi connectivity index (χ0n) is 10.7. The SMILES string of the molecule is CCCC1(CNC2CCC(C)(C)C2)CC1. The molecule has 0 aromatic rings. The Bertz CT molecular complexity index is 215. The van der Waals surface area contributed by atoms with Crippen molar-refractivity contribution in [2.75, 3.05) is 6.54 Å². The lowest BCUT2D eigenvalue weighted by atomic mass is 9.91. The van der Waals surface area contributed by atoms with E-state index in [9.17, 15) is 0 Å². The molecule has 1 unspecified atom stereocenters. The molecule has 1 heteroatoms. The molecular formula is C14H27N. The lowest BCUT2D eigenvalue weighted by Crippen LogP contribution is -2.33. The molecule has 1 N–H and O–H groups in total. The fraction of sp³-hybridized carbons (Fsp3) is 1.00. The number of rotatable bonds is 5. The molecule has 2 fully saturated rings. The maximum Gasteiger partial charge on any atom is 0.00725 e. The third kappa shape index (κ3) is 2.96. The summed E-state index contributed by atoms with van der Waals surface area (Å²) in [5.41, 5.74) is 1.32. The van der Waals surface area contributed by atoms with Crippen molar-refractivity contribution in [2.45, 2.75) is 71.8 Å². The topological polar surface area (TPSA) is 12.0 Å². The highest BCUT2D eigenvalue weighted by Gasteiger charge is 2.42. The van der Waals surface area contributed by atoms with E-state index in [2.05, 4.69) is 26.1 Å². The summed E-state index contributed by atoms with van der Waals surface area (Å²) in [6, 6.07) is 0.814. The maximum absolute atomic E-state index is 3.82.